The summed E-state index contributed by atoms with van der Waals surface area (Å²) in [6.07, 6.45) is 0.810. The SMILES string of the molecule is CCc1cccc(C)c1NC(=O)COc1ccccc1C(=O)Nc1cccc(Cl)c1C. The highest BCUT2D eigenvalue weighted by molar-refractivity contribution is 6.31. The average molecular weight is 437 g/mol. The van der Waals surface area contributed by atoms with Crippen molar-refractivity contribution in [3.8, 4) is 5.75 Å². The van der Waals surface area contributed by atoms with E-state index >= 15 is 0 Å². The highest BCUT2D eigenvalue weighted by Crippen LogP contribution is 2.26. The van der Waals surface area contributed by atoms with Crippen molar-refractivity contribution in [1.82, 2.24) is 0 Å². The van der Waals surface area contributed by atoms with Gasteiger partial charge >= 0.3 is 0 Å². The monoisotopic (exact) mass is 436 g/mol. The summed E-state index contributed by atoms with van der Waals surface area (Å²) in [5, 5.41) is 6.35. The molecule has 0 fully saturated rings. The van der Waals surface area contributed by atoms with Crippen molar-refractivity contribution < 1.29 is 14.3 Å². The molecule has 3 rings (SSSR count). The zero-order valence-corrected chi connectivity index (χ0v) is 18.5. The Balaban J connectivity index is 1.70. The van der Waals surface area contributed by atoms with Crippen LogP contribution in [0.3, 0.4) is 0 Å². The number of amides is 2. The number of halogens is 1. The number of nitrogens with one attached hydrogen (secondary N) is 2. The molecule has 0 aliphatic heterocycles. The number of hydrogen-bond donors (Lipinski definition) is 2. The van der Waals surface area contributed by atoms with Gasteiger partial charge in [-0.15, -0.1) is 0 Å². The maximum Gasteiger partial charge on any atom is 0.262 e. The summed E-state index contributed by atoms with van der Waals surface area (Å²) in [5.74, 6) is -0.297. The van der Waals surface area contributed by atoms with E-state index in [1.165, 1.54) is 0 Å². The Kier molecular flexibility index (Phi) is 7.32. The number of benzene rings is 3. The molecule has 0 aliphatic rings. The molecule has 0 saturated carbocycles. The van der Waals surface area contributed by atoms with Crippen molar-refractivity contribution in [2.75, 3.05) is 17.2 Å². The lowest BCUT2D eigenvalue weighted by molar-refractivity contribution is -0.118. The van der Waals surface area contributed by atoms with Crippen molar-refractivity contribution in [2.24, 2.45) is 0 Å². The van der Waals surface area contributed by atoms with Crippen LogP contribution in [0.25, 0.3) is 0 Å². The largest absolute Gasteiger partial charge is 0.483 e. The van der Waals surface area contributed by atoms with Crippen LogP contribution in [0.5, 0.6) is 5.75 Å². The first kappa shape index (κ1) is 22.4. The van der Waals surface area contributed by atoms with Crippen LogP contribution in [0, 0.1) is 13.8 Å². The van der Waals surface area contributed by atoms with Gasteiger partial charge in [0.25, 0.3) is 11.8 Å². The molecular weight excluding hydrogens is 412 g/mol. The molecule has 0 spiro atoms. The molecule has 0 aromatic heterocycles. The van der Waals surface area contributed by atoms with Crippen molar-refractivity contribution in [3.63, 3.8) is 0 Å². The summed E-state index contributed by atoms with van der Waals surface area (Å²) in [7, 11) is 0. The lowest BCUT2D eigenvalue weighted by Crippen LogP contribution is -2.22. The summed E-state index contributed by atoms with van der Waals surface area (Å²) in [6.45, 7) is 5.61. The smallest absolute Gasteiger partial charge is 0.262 e. The summed E-state index contributed by atoms with van der Waals surface area (Å²) < 4.78 is 5.70. The molecule has 2 N–H and O–H groups in total. The number of hydrogen-bond acceptors (Lipinski definition) is 3. The molecule has 6 heteroatoms. The van der Waals surface area contributed by atoms with Gasteiger partial charge in [0.15, 0.2) is 6.61 Å². The van der Waals surface area contributed by atoms with E-state index in [1.54, 1.807) is 42.5 Å². The lowest BCUT2D eigenvalue weighted by Gasteiger charge is -2.15. The second-order valence-electron chi connectivity index (χ2n) is 7.16. The lowest BCUT2D eigenvalue weighted by atomic mass is 10.1. The van der Waals surface area contributed by atoms with Gasteiger partial charge in [-0.2, -0.15) is 0 Å². The third kappa shape index (κ3) is 5.44. The molecule has 31 heavy (non-hydrogen) atoms. The number of carbonyl (C=O) groups is 2. The van der Waals surface area contributed by atoms with Gasteiger partial charge in [0.1, 0.15) is 5.75 Å². The van der Waals surface area contributed by atoms with E-state index in [1.807, 2.05) is 39.0 Å². The van der Waals surface area contributed by atoms with Gasteiger partial charge in [-0.25, -0.2) is 0 Å². The van der Waals surface area contributed by atoms with Crippen LogP contribution in [0.15, 0.2) is 60.7 Å². The zero-order valence-electron chi connectivity index (χ0n) is 17.8. The Morgan fingerprint density at radius 3 is 2.45 bits per heavy atom. The quantitative estimate of drug-likeness (QED) is 0.492. The third-order valence-corrected chi connectivity index (χ3v) is 5.42. The predicted molar refractivity (Wildman–Crippen MR) is 125 cm³/mol. The minimum atomic E-state index is -0.339. The standard InChI is InChI=1S/C25H25ClN2O3/c1-4-18-10-7-9-16(2)24(18)28-23(29)15-31-22-14-6-5-11-19(22)25(30)27-21-13-8-12-20(26)17(21)3/h5-14H,4,15H2,1-3H3,(H,27,30)(H,28,29). The topological polar surface area (TPSA) is 67.4 Å². The van der Waals surface area contributed by atoms with Gasteiger partial charge in [0.2, 0.25) is 0 Å². The Labute approximate surface area is 187 Å². The first-order valence-corrected chi connectivity index (χ1v) is 10.4. The fourth-order valence-corrected chi connectivity index (χ4v) is 3.41. The van der Waals surface area contributed by atoms with Crippen LogP contribution in [-0.4, -0.2) is 18.4 Å². The maximum absolute atomic E-state index is 12.8. The van der Waals surface area contributed by atoms with Crippen LogP contribution in [-0.2, 0) is 11.2 Å². The van der Waals surface area contributed by atoms with Gasteiger partial charge in [-0.3, -0.25) is 9.59 Å². The Morgan fingerprint density at radius 1 is 0.935 bits per heavy atom. The number of ether oxygens (including phenoxy) is 1. The minimum absolute atomic E-state index is 0.210. The maximum atomic E-state index is 12.8. The van der Waals surface area contributed by atoms with E-state index in [0.29, 0.717) is 22.0 Å². The van der Waals surface area contributed by atoms with E-state index in [4.69, 9.17) is 16.3 Å². The summed E-state index contributed by atoms with van der Waals surface area (Å²) in [5.41, 5.74) is 4.59. The highest BCUT2D eigenvalue weighted by Gasteiger charge is 2.16. The molecule has 2 amide bonds. The molecule has 0 radical (unpaired) electrons. The number of carbonyl (C=O) groups excluding carboxylic acids is 2. The normalized spacial score (nSPS) is 10.5. The highest BCUT2D eigenvalue weighted by atomic mass is 35.5. The summed E-state index contributed by atoms with van der Waals surface area (Å²) >= 11 is 6.14. The van der Waals surface area contributed by atoms with Crippen molar-refractivity contribution in [3.05, 3.63) is 87.9 Å². The van der Waals surface area contributed by atoms with Crippen LogP contribution in [0.4, 0.5) is 11.4 Å². The van der Waals surface area contributed by atoms with E-state index in [0.717, 1.165) is 28.8 Å². The van der Waals surface area contributed by atoms with Gasteiger partial charge in [-0.1, -0.05) is 54.9 Å². The van der Waals surface area contributed by atoms with Gasteiger partial charge in [0.05, 0.1) is 5.56 Å². The minimum Gasteiger partial charge on any atom is -0.483 e. The molecule has 5 nitrogen and oxygen atoms in total. The first-order valence-electron chi connectivity index (χ1n) is 10.1. The Morgan fingerprint density at radius 2 is 1.68 bits per heavy atom. The molecule has 0 heterocycles. The van der Waals surface area contributed by atoms with Crippen LogP contribution >= 0.6 is 11.6 Å². The Hall–Kier alpha value is -3.31. The van der Waals surface area contributed by atoms with Gasteiger partial charge in [0, 0.05) is 16.4 Å². The summed E-state index contributed by atoms with van der Waals surface area (Å²) in [4.78, 5) is 25.3. The molecule has 0 atom stereocenters. The van der Waals surface area contributed by atoms with Crippen molar-refractivity contribution in [2.45, 2.75) is 27.2 Å². The van der Waals surface area contributed by atoms with Gasteiger partial charge in [-0.05, 0) is 61.2 Å². The fraction of sp³-hybridized carbons (Fsp3) is 0.200. The van der Waals surface area contributed by atoms with Gasteiger partial charge < -0.3 is 15.4 Å². The van der Waals surface area contributed by atoms with Crippen molar-refractivity contribution in [1.29, 1.82) is 0 Å². The first-order chi connectivity index (χ1) is 14.9. The molecule has 0 unspecified atom stereocenters. The molecule has 3 aromatic carbocycles. The fourth-order valence-electron chi connectivity index (χ4n) is 3.23. The molecule has 160 valence electrons. The molecule has 3 aromatic rings. The van der Waals surface area contributed by atoms with E-state index in [9.17, 15) is 9.59 Å². The van der Waals surface area contributed by atoms with Crippen LogP contribution in [0.1, 0.15) is 34.0 Å². The molecular formula is C25H25ClN2O3. The Bertz CT molecular complexity index is 1110. The van der Waals surface area contributed by atoms with Crippen LogP contribution < -0.4 is 15.4 Å². The summed E-state index contributed by atoms with van der Waals surface area (Å²) in [6, 6.07) is 18.0. The zero-order chi connectivity index (χ0) is 22.4. The number of anilines is 2. The molecule has 0 saturated heterocycles. The van der Waals surface area contributed by atoms with E-state index < -0.39 is 0 Å². The average Bonchev–Trinajstić information content (AvgIpc) is 2.77. The third-order valence-electron chi connectivity index (χ3n) is 5.01. The second kappa shape index (κ2) is 10.1. The van der Waals surface area contributed by atoms with Crippen molar-refractivity contribution >= 4 is 34.8 Å². The number of aryl methyl sites for hydroxylation is 2. The van der Waals surface area contributed by atoms with E-state index in [2.05, 4.69) is 10.6 Å². The molecule has 0 bridgehead atoms. The second-order valence-corrected chi connectivity index (χ2v) is 7.57. The predicted octanol–water partition coefficient (Wildman–Crippen LogP) is 5.79. The molecule has 0 aliphatic carbocycles. The van der Waals surface area contributed by atoms with E-state index in [-0.39, 0.29) is 18.4 Å². The van der Waals surface area contributed by atoms with Crippen LogP contribution in [0.2, 0.25) is 5.02 Å². The number of para-hydroxylation sites is 2. The number of rotatable bonds is 7.